The van der Waals surface area contributed by atoms with E-state index < -0.39 is 17.6 Å². The quantitative estimate of drug-likeness (QED) is 0.682. The predicted octanol–water partition coefficient (Wildman–Crippen LogP) is 3.90. The maximum absolute atomic E-state index is 12.9. The van der Waals surface area contributed by atoms with Crippen LogP contribution in [0.1, 0.15) is 16.1 Å². The molecule has 1 amide bonds. The van der Waals surface area contributed by atoms with Crippen LogP contribution in [-0.2, 0) is 6.18 Å². The summed E-state index contributed by atoms with van der Waals surface area (Å²) in [4.78, 5) is 14.1. The molecule has 4 rings (SSSR count). The Kier molecular flexibility index (Phi) is 4.21. The Morgan fingerprint density at radius 3 is 2.68 bits per heavy atom. The standard InChI is InChI=1S/C19H14F3N3O3/c1-24(13-5-6-16-17(10-13)28-11-27-16)18(26)15-7-8-25(23-15)14-4-2-3-12(9-14)19(20,21)22/h2-10H,11H2,1H3. The van der Waals surface area contributed by atoms with Crippen molar-refractivity contribution >= 4 is 11.6 Å². The van der Waals surface area contributed by atoms with Gasteiger partial charge in [0.25, 0.3) is 5.91 Å². The van der Waals surface area contributed by atoms with Gasteiger partial charge >= 0.3 is 6.18 Å². The maximum Gasteiger partial charge on any atom is 0.416 e. The molecule has 1 aliphatic rings. The van der Waals surface area contributed by atoms with E-state index in [1.165, 1.54) is 34.0 Å². The lowest BCUT2D eigenvalue weighted by Gasteiger charge is -2.16. The smallest absolute Gasteiger partial charge is 0.416 e. The molecule has 0 aliphatic carbocycles. The van der Waals surface area contributed by atoms with Crippen molar-refractivity contribution in [3.63, 3.8) is 0 Å². The van der Waals surface area contributed by atoms with Crippen LogP contribution in [0.4, 0.5) is 18.9 Å². The molecule has 0 N–H and O–H groups in total. The number of fused-ring (bicyclic) bond motifs is 1. The van der Waals surface area contributed by atoms with Crippen molar-refractivity contribution in [2.24, 2.45) is 0 Å². The number of carbonyl (C=O) groups is 1. The molecule has 2 heterocycles. The summed E-state index contributed by atoms with van der Waals surface area (Å²) in [5, 5.41) is 4.12. The topological polar surface area (TPSA) is 56.6 Å². The third kappa shape index (κ3) is 3.26. The Morgan fingerprint density at radius 1 is 1.11 bits per heavy atom. The molecule has 1 aliphatic heterocycles. The Labute approximate surface area is 157 Å². The Balaban J connectivity index is 1.58. The molecule has 144 valence electrons. The molecule has 3 aromatic rings. The van der Waals surface area contributed by atoms with Crippen LogP contribution >= 0.6 is 0 Å². The van der Waals surface area contributed by atoms with Crippen LogP contribution in [0.25, 0.3) is 5.69 Å². The van der Waals surface area contributed by atoms with E-state index in [9.17, 15) is 18.0 Å². The lowest BCUT2D eigenvalue weighted by atomic mass is 10.2. The molecule has 0 radical (unpaired) electrons. The second-order valence-electron chi connectivity index (χ2n) is 6.10. The van der Waals surface area contributed by atoms with Crippen molar-refractivity contribution in [3.05, 3.63) is 66.0 Å². The van der Waals surface area contributed by atoms with Crippen molar-refractivity contribution in [3.8, 4) is 17.2 Å². The molecule has 0 atom stereocenters. The molecule has 0 fully saturated rings. The number of anilines is 1. The fourth-order valence-electron chi connectivity index (χ4n) is 2.79. The first-order valence-electron chi connectivity index (χ1n) is 8.24. The molecule has 9 heteroatoms. The zero-order valence-electron chi connectivity index (χ0n) is 14.6. The van der Waals surface area contributed by atoms with Crippen LogP contribution < -0.4 is 14.4 Å². The van der Waals surface area contributed by atoms with E-state index in [4.69, 9.17) is 9.47 Å². The van der Waals surface area contributed by atoms with Crippen LogP contribution in [-0.4, -0.2) is 29.5 Å². The van der Waals surface area contributed by atoms with Gasteiger partial charge in [0.05, 0.1) is 11.3 Å². The normalized spacial score (nSPS) is 12.9. The molecule has 0 spiro atoms. The van der Waals surface area contributed by atoms with Crippen molar-refractivity contribution < 1.29 is 27.4 Å². The highest BCUT2D eigenvalue weighted by Crippen LogP contribution is 2.35. The third-order valence-electron chi connectivity index (χ3n) is 4.29. The fraction of sp³-hybridized carbons (Fsp3) is 0.158. The maximum atomic E-state index is 12.9. The molecule has 2 aromatic carbocycles. The van der Waals surface area contributed by atoms with Crippen LogP contribution in [0.5, 0.6) is 11.5 Å². The van der Waals surface area contributed by atoms with E-state index in [1.54, 1.807) is 25.2 Å². The zero-order chi connectivity index (χ0) is 19.9. The van der Waals surface area contributed by atoms with E-state index in [0.29, 0.717) is 17.2 Å². The number of nitrogens with zero attached hydrogens (tertiary/aromatic N) is 3. The molecule has 1 aromatic heterocycles. The van der Waals surface area contributed by atoms with Gasteiger partial charge in [0.15, 0.2) is 17.2 Å². The lowest BCUT2D eigenvalue weighted by Crippen LogP contribution is -2.26. The number of amides is 1. The molecule has 28 heavy (non-hydrogen) atoms. The second kappa shape index (κ2) is 6.59. The first-order valence-corrected chi connectivity index (χ1v) is 8.24. The van der Waals surface area contributed by atoms with Gasteiger partial charge in [0.2, 0.25) is 6.79 Å². The summed E-state index contributed by atoms with van der Waals surface area (Å²) in [7, 11) is 1.57. The summed E-state index contributed by atoms with van der Waals surface area (Å²) < 4.78 is 50.5. The Morgan fingerprint density at radius 2 is 1.89 bits per heavy atom. The Bertz CT molecular complexity index is 1050. The average molecular weight is 389 g/mol. The number of rotatable bonds is 3. The van der Waals surface area contributed by atoms with Gasteiger partial charge < -0.3 is 14.4 Å². The molecule has 6 nitrogen and oxygen atoms in total. The molecular formula is C19H14F3N3O3. The van der Waals surface area contributed by atoms with Gasteiger partial charge in [-0.3, -0.25) is 4.79 Å². The lowest BCUT2D eigenvalue weighted by molar-refractivity contribution is -0.137. The number of carbonyl (C=O) groups excluding carboxylic acids is 1. The minimum absolute atomic E-state index is 0.0950. The van der Waals surface area contributed by atoms with Crippen LogP contribution in [0.3, 0.4) is 0 Å². The van der Waals surface area contributed by atoms with E-state index >= 15 is 0 Å². The molecular weight excluding hydrogens is 375 g/mol. The summed E-state index contributed by atoms with van der Waals surface area (Å²) in [5.74, 6) is 0.717. The van der Waals surface area contributed by atoms with E-state index in [-0.39, 0.29) is 18.2 Å². The minimum atomic E-state index is -4.46. The predicted molar refractivity (Wildman–Crippen MR) is 93.9 cm³/mol. The molecule has 0 unspecified atom stereocenters. The molecule has 0 bridgehead atoms. The monoisotopic (exact) mass is 389 g/mol. The SMILES string of the molecule is CN(C(=O)c1ccn(-c2cccc(C(F)(F)F)c2)n1)c1ccc2c(c1)OCO2. The van der Waals surface area contributed by atoms with Crippen LogP contribution in [0.2, 0.25) is 0 Å². The summed E-state index contributed by atoms with van der Waals surface area (Å²) in [5.41, 5.74) is 0.0888. The number of alkyl halides is 3. The van der Waals surface area contributed by atoms with Gasteiger partial charge in [-0.2, -0.15) is 18.3 Å². The van der Waals surface area contributed by atoms with Crippen molar-refractivity contribution in [2.45, 2.75) is 6.18 Å². The highest BCUT2D eigenvalue weighted by Gasteiger charge is 2.30. The number of hydrogen-bond acceptors (Lipinski definition) is 4. The van der Waals surface area contributed by atoms with Crippen molar-refractivity contribution in [1.29, 1.82) is 0 Å². The number of hydrogen-bond donors (Lipinski definition) is 0. The summed E-state index contributed by atoms with van der Waals surface area (Å²) >= 11 is 0. The fourth-order valence-corrected chi connectivity index (χ4v) is 2.79. The average Bonchev–Trinajstić information content (AvgIpc) is 3.35. The second-order valence-corrected chi connectivity index (χ2v) is 6.10. The van der Waals surface area contributed by atoms with E-state index in [1.807, 2.05) is 0 Å². The first-order chi connectivity index (χ1) is 13.3. The Hall–Kier alpha value is -3.49. The number of benzene rings is 2. The highest BCUT2D eigenvalue weighted by molar-refractivity contribution is 6.04. The zero-order valence-corrected chi connectivity index (χ0v) is 14.6. The summed E-state index contributed by atoms with van der Waals surface area (Å²) in [6.07, 6.45) is -3.02. The van der Waals surface area contributed by atoms with E-state index in [2.05, 4.69) is 5.10 Å². The van der Waals surface area contributed by atoms with Crippen molar-refractivity contribution in [1.82, 2.24) is 9.78 Å². The van der Waals surface area contributed by atoms with E-state index in [0.717, 1.165) is 12.1 Å². The number of ether oxygens (including phenoxy) is 2. The van der Waals surface area contributed by atoms with Crippen LogP contribution in [0, 0.1) is 0 Å². The summed E-state index contributed by atoms with van der Waals surface area (Å²) in [6, 6.07) is 11.3. The largest absolute Gasteiger partial charge is 0.454 e. The molecule has 0 saturated heterocycles. The highest BCUT2D eigenvalue weighted by atomic mass is 19.4. The third-order valence-corrected chi connectivity index (χ3v) is 4.29. The van der Waals surface area contributed by atoms with Gasteiger partial charge in [0, 0.05) is 25.0 Å². The van der Waals surface area contributed by atoms with Gasteiger partial charge in [-0.15, -0.1) is 0 Å². The van der Waals surface area contributed by atoms with Gasteiger partial charge in [0.1, 0.15) is 0 Å². The summed E-state index contributed by atoms with van der Waals surface area (Å²) in [6.45, 7) is 0.123. The number of aromatic nitrogens is 2. The van der Waals surface area contributed by atoms with Gasteiger partial charge in [-0.25, -0.2) is 4.68 Å². The molecule has 0 saturated carbocycles. The van der Waals surface area contributed by atoms with Gasteiger partial charge in [-0.1, -0.05) is 6.07 Å². The minimum Gasteiger partial charge on any atom is -0.454 e. The first kappa shape index (κ1) is 17.9. The van der Waals surface area contributed by atoms with Gasteiger partial charge in [-0.05, 0) is 36.4 Å². The number of halogens is 3. The van der Waals surface area contributed by atoms with Crippen molar-refractivity contribution in [2.75, 3.05) is 18.7 Å². The van der Waals surface area contributed by atoms with Crippen LogP contribution in [0.15, 0.2) is 54.7 Å².